The van der Waals surface area contributed by atoms with Crippen molar-refractivity contribution >= 4 is 23.3 Å². The number of anilines is 2. The van der Waals surface area contributed by atoms with E-state index in [1.54, 1.807) is 4.90 Å². The van der Waals surface area contributed by atoms with Crippen LogP contribution in [0.25, 0.3) is 0 Å². The van der Waals surface area contributed by atoms with E-state index in [0.717, 1.165) is 28.1 Å². The third-order valence-corrected chi connectivity index (χ3v) is 4.90. The van der Waals surface area contributed by atoms with Crippen molar-refractivity contribution in [3.63, 3.8) is 0 Å². The highest BCUT2D eigenvalue weighted by Gasteiger charge is 2.31. The monoisotopic (exact) mass is 351 g/mol. The highest BCUT2D eigenvalue weighted by atomic mass is 16.2. The van der Waals surface area contributed by atoms with Crippen molar-refractivity contribution in [1.82, 2.24) is 5.32 Å². The van der Waals surface area contributed by atoms with E-state index < -0.39 is 0 Å². The van der Waals surface area contributed by atoms with Crippen LogP contribution in [0.3, 0.4) is 0 Å². The maximum atomic E-state index is 12.4. The Hall–Kier alpha value is -2.82. The van der Waals surface area contributed by atoms with Gasteiger partial charge in [-0.25, -0.2) is 4.79 Å². The number of nitrogens with zero attached hydrogens (tertiary/aromatic N) is 1. The molecular formula is C21H25N3O2. The van der Waals surface area contributed by atoms with Crippen molar-refractivity contribution in [2.75, 3.05) is 16.8 Å². The fourth-order valence-electron chi connectivity index (χ4n) is 3.16. The Labute approximate surface area is 154 Å². The number of amides is 3. The van der Waals surface area contributed by atoms with Crippen LogP contribution in [0.2, 0.25) is 0 Å². The van der Waals surface area contributed by atoms with Crippen LogP contribution in [0.15, 0.2) is 36.4 Å². The second-order valence-electron chi connectivity index (χ2n) is 7.09. The number of rotatable bonds is 3. The van der Waals surface area contributed by atoms with E-state index in [4.69, 9.17) is 0 Å². The topological polar surface area (TPSA) is 61.4 Å². The van der Waals surface area contributed by atoms with E-state index in [1.807, 2.05) is 64.1 Å². The zero-order valence-electron chi connectivity index (χ0n) is 15.7. The summed E-state index contributed by atoms with van der Waals surface area (Å²) >= 11 is 0. The lowest BCUT2D eigenvalue weighted by atomic mass is 10.1. The molecule has 1 aliphatic heterocycles. The maximum Gasteiger partial charge on any atom is 0.319 e. The minimum Gasteiger partial charge on any atom is -0.333 e. The van der Waals surface area contributed by atoms with Crippen LogP contribution in [0.1, 0.15) is 28.7 Å². The van der Waals surface area contributed by atoms with E-state index in [2.05, 4.69) is 10.6 Å². The van der Waals surface area contributed by atoms with Crippen molar-refractivity contribution in [1.29, 1.82) is 0 Å². The van der Waals surface area contributed by atoms with Gasteiger partial charge in [0.05, 0.1) is 6.04 Å². The van der Waals surface area contributed by atoms with Crippen LogP contribution < -0.4 is 15.5 Å². The molecule has 1 saturated heterocycles. The molecule has 5 nitrogen and oxygen atoms in total. The van der Waals surface area contributed by atoms with E-state index >= 15 is 0 Å². The van der Waals surface area contributed by atoms with Crippen LogP contribution in [0, 0.1) is 27.7 Å². The second-order valence-corrected chi connectivity index (χ2v) is 7.09. The fourth-order valence-corrected chi connectivity index (χ4v) is 3.16. The third-order valence-electron chi connectivity index (χ3n) is 4.90. The highest BCUT2D eigenvalue weighted by Crippen LogP contribution is 2.24. The highest BCUT2D eigenvalue weighted by molar-refractivity contribution is 5.98. The van der Waals surface area contributed by atoms with Gasteiger partial charge in [-0.1, -0.05) is 18.2 Å². The molecule has 136 valence electrons. The Kier molecular flexibility index (Phi) is 4.98. The minimum absolute atomic E-state index is 0.0327. The molecule has 1 heterocycles. The molecule has 0 bridgehead atoms. The first kappa shape index (κ1) is 18.0. The van der Waals surface area contributed by atoms with Gasteiger partial charge in [0.15, 0.2) is 0 Å². The summed E-state index contributed by atoms with van der Waals surface area (Å²) in [5.41, 5.74) is 6.12. The summed E-state index contributed by atoms with van der Waals surface area (Å²) in [6, 6.07) is 11.4. The largest absolute Gasteiger partial charge is 0.333 e. The molecular weight excluding hydrogens is 326 g/mol. The van der Waals surface area contributed by atoms with Gasteiger partial charge >= 0.3 is 6.03 Å². The molecule has 3 rings (SSSR count). The molecule has 1 aliphatic rings. The number of benzene rings is 2. The Morgan fingerprint density at radius 1 is 1.00 bits per heavy atom. The SMILES string of the molecule is Cc1ccc(C)c(NC(=O)N[C@H]2CC(=O)N(c3ccc(C)c(C)c3)C2)c1. The lowest BCUT2D eigenvalue weighted by Gasteiger charge is -2.19. The second kappa shape index (κ2) is 7.20. The third kappa shape index (κ3) is 3.87. The summed E-state index contributed by atoms with van der Waals surface area (Å²) in [5, 5.41) is 5.80. The van der Waals surface area contributed by atoms with Crippen molar-refractivity contribution < 1.29 is 9.59 Å². The van der Waals surface area contributed by atoms with Crippen LogP contribution in [0.4, 0.5) is 16.2 Å². The smallest absolute Gasteiger partial charge is 0.319 e. The molecule has 1 fully saturated rings. The van der Waals surface area contributed by atoms with Crippen LogP contribution in [-0.2, 0) is 4.79 Å². The molecule has 5 heteroatoms. The standard InChI is InChI=1S/C21H25N3O2/c1-13-5-6-15(3)19(9-13)23-21(26)22-17-11-20(25)24(12-17)18-8-7-14(2)16(4)10-18/h5-10,17H,11-12H2,1-4H3,(H2,22,23,26)/t17-/m0/s1. The van der Waals surface area contributed by atoms with Gasteiger partial charge in [-0.05, 0) is 68.1 Å². The number of nitrogens with one attached hydrogen (secondary N) is 2. The summed E-state index contributed by atoms with van der Waals surface area (Å²) in [6.07, 6.45) is 0.313. The van der Waals surface area contributed by atoms with E-state index in [0.29, 0.717) is 13.0 Å². The molecule has 0 aromatic heterocycles. The normalized spacial score (nSPS) is 16.7. The number of hydrogen-bond acceptors (Lipinski definition) is 2. The fraction of sp³-hybridized carbons (Fsp3) is 0.333. The molecule has 2 aromatic rings. The van der Waals surface area contributed by atoms with E-state index in [-0.39, 0.29) is 18.0 Å². The van der Waals surface area contributed by atoms with Gasteiger partial charge < -0.3 is 15.5 Å². The first-order valence-electron chi connectivity index (χ1n) is 8.86. The Morgan fingerprint density at radius 2 is 1.73 bits per heavy atom. The number of hydrogen-bond donors (Lipinski definition) is 2. The molecule has 0 aliphatic carbocycles. The summed E-state index contributed by atoms with van der Waals surface area (Å²) in [5.74, 6) is 0.0327. The number of carbonyl (C=O) groups excluding carboxylic acids is 2. The quantitative estimate of drug-likeness (QED) is 0.882. The van der Waals surface area contributed by atoms with Gasteiger partial charge in [0.25, 0.3) is 0 Å². The molecule has 0 radical (unpaired) electrons. The average molecular weight is 351 g/mol. The van der Waals surface area contributed by atoms with Crippen LogP contribution >= 0.6 is 0 Å². The summed E-state index contributed by atoms with van der Waals surface area (Å²) in [6.45, 7) is 8.51. The first-order valence-corrected chi connectivity index (χ1v) is 8.86. The van der Waals surface area contributed by atoms with Gasteiger partial charge in [-0.15, -0.1) is 0 Å². The van der Waals surface area contributed by atoms with Crippen molar-refractivity contribution in [2.45, 2.75) is 40.2 Å². The lowest BCUT2D eigenvalue weighted by Crippen LogP contribution is -2.39. The Balaban J connectivity index is 1.64. The summed E-state index contributed by atoms with van der Waals surface area (Å²) < 4.78 is 0. The maximum absolute atomic E-state index is 12.4. The first-order chi connectivity index (χ1) is 12.3. The predicted molar refractivity (Wildman–Crippen MR) is 105 cm³/mol. The van der Waals surface area contributed by atoms with Gasteiger partial charge in [0.1, 0.15) is 0 Å². The minimum atomic E-state index is -0.279. The Bertz CT molecular complexity index is 860. The van der Waals surface area contributed by atoms with Crippen LogP contribution in [0.5, 0.6) is 0 Å². The molecule has 2 N–H and O–H groups in total. The number of urea groups is 1. The van der Waals surface area contributed by atoms with Gasteiger partial charge in [0.2, 0.25) is 5.91 Å². The van der Waals surface area contributed by atoms with Gasteiger partial charge in [-0.3, -0.25) is 4.79 Å². The number of aryl methyl sites for hydroxylation is 4. The van der Waals surface area contributed by atoms with E-state index in [9.17, 15) is 9.59 Å². The zero-order chi connectivity index (χ0) is 18.8. The number of carbonyl (C=O) groups is 2. The summed E-state index contributed by atoms with van der Waals surface area (Å²) in [4.78, 5) is 26.4. The zero-order valence-corrected chi connectivity index (χ0v) is 15.7. The van der Waals surface area contributed by atoms with Crippen molar-refractivity contribution in [3.8, 4) is 0 Å². The molecule has 0 unspecified atom stereocenters. The molecule has 26 heavy (non-hydrogen) atoms. The Morgan fingerprint density at radius 3 is 2.46 bits per heavy atom. The van der Waals surface area contributed by atoms with Gasteiger partial charge in [-0.2, -0.15) is 0 Å². The average Bonchev–Trinajstić information content (AvgIpc) is 2.93. The van der Waals surface area contributed by atoms with Gasteiger partial charge in [0, 0.05) is 24.3 Å². The molecule has 0 saturated carbocycles. The molecule has 2 aromatic carbocycles. The van der Waals surface area contributed by atoms with E-state index in [1.165, 1.54) is 5.56 Å². The summed E-state index contributed by atoms with van der Waals surface area (Å²) in [7, 11) is 0. The molecule has 1 atom stereocenters. The van der Waals surface area contributed by atoms with Crippen LogP contribution in [-0.4, -0.2) is 24.5 Å². The molecule has 0 spiro atoms. The predicted octanol–water partition coefficient (Wildman–Crippen LogP) is 3.85. The lowest BCUT2D eigenvalue weighted by molar-refractivity contribution is -0.117. The van der Waals surface area contributed by atoms with Crippen molar-refractivity contribution in [3.05, 3.63) is 58.7 Å². The van der Waals surface area contributed by atoms with Crippen molar-refractivity contribution in [2.24, 2.45) is 0 Å². The molecule has 3 amide bonds.